The van der Waals surface area contributed by atoms with Gasteiger partial charge in [0, 0.05) is 6.07 Å². The van der Waals surface area contributed by atoms with Crippen LogP contribution >= 0.6 is 0 Å². The second-order valence-electron chi connectivity index (χ2n) is 7.89. The van der Waals surface area contributed by atoms with Crippen molar-refractivity contribution in [1.29, 1.82) is 0 Å². The van der Waals surface area contributed by atoms with Crippen LogP contribution in [0, 0.1) is 10.1 Å². The Balaban J connectivity index is 2.20. The fourth-order valence-corrected chi connectivity index (χ4v) is 3.39. The molecule has 0 amide bonds. The summed E-state index contributed by atoms with van der Waals surface area (Å²) in [4.78, 5) is 10.9. The van der Waals surface area contributed by atoms with Gasteiger partial charge in [-0.15, -0.1) is 0 Å². The van der Waals surface area contributed by atoms with Crippen LogP contribution in [0.5, 0.6) is 0 Å². The first-order chi connectivity index (χ1) is 12.0. The molecule has 0 aromatic heterocycles. The molecular weight excluding hydrogens is 312 g/mol. The van der Waals surface area contributed by atoms with E-state index in [9.17, 15) is 10.1 Å². The van der Waals surface area contributed by atoms with Gasteiger partial charge < -0.3 is 4.48 Å². The molecule has 0 atom stereocenters. The highest BCUT2D eigenvalue weighted by Gasteiger charge is 2.21. The smallest absolute Gasteiger partial charge is 0.278 e. The second-order valence-corrected chi connectivity index (χ2v) is 7.89. The molecule has 0 fully saturated rings. The van der Waals surface area contributed by atoms with Gasteiger partial charge in [-0.2, -0.15) is 0 Å². The summed E-state index contributed by atoms with van der Waals surface area (Å²) in [6, 6.07) is 7.12. The van der Waals surface area contributed by atoms with Gasteiger partial charge in [0.05, 0.1) is 31.1 Å². The Labute approximate surface area is 154 Å². The van der Waals surface area contributed by atoms with Gasteiger partial charge >= 0.3 is 0 Å². The third-order valence-corrected chi connectivity index (χ3v) is 4.90. The molecule has 4 nitrogen and oxygen atoms in total. The molecule has 0 unspecified atom stereocenters. The molecule has 0 N–H and O–H groups in total. The van der Waals surface area contributed by atoms with Gasteiger partial charge in [0.2, 0.25) is 0 Å². The predicted molar refractivity (Wildman–Crippen MR) is 106 cm³/mol. The number of hydrogen-bond donors (Lipinski definition) is 0. The van der Waals surface area contributed by atoms with E-state index in [-0.39, 0.29) is 10.6 Å². The molecule has 0 aliphatic heterocycles. The highest BCUT2D eigenvalue weighted by Crippen LogP contribution is 2.22. The number of rotatable bonds is 14. The van der Waals surface area contributed by atoms with Gasteiger partial charge in [0.1, 0.15) is 6.54 Å². The zero-order valence-corrected chi connectivity index (χ0v) is 16.5. The molecule has 0 heterocycles. The highest BCUT2D eigenvalue weighted by atomic mass is 16.6. The van der Waals surface area contributed by atoms with Crippen molar-refractivity contribution >= 4 is 5.69 Å². The van der Waals surface area contributed by atoms with Crippen LogP contribution < -0.4 is 0 Å². The van der Waals surface area contributed by atoms with Crippen molar-refractivity contribution < 1.29 is 9.41 Å². The summed E-state index contributed by atoms with van der Waals surface area (Å²) in [5.74, 6) is 0. The average Bonchev–Trinajstić information content (AvgIpc) is 2.56. The molecule has 25 heavy (non-hydrogen) atoms. The van der Waals surface area contributed by atoms with E-state index in [0.717, 1.165) is 16.6 Å². The Bertz CT molecular complexity index is 500. The Hall–Kier alpha value is -1.42. The third-order valence-electron chi connectivity index (χ3n) is 4.90. The SMILES string of the molecule is CCCCCCCCCCCC[N+](C)(C)Cc1ccccc1[N+](=O)[O-]. The minimum absolute atomic E-state index is 0.247. The van der Waals surface area contributed by atoms with Gasteiger partial charge in [0.15, 0.2) is 0 Å². The lowest BCUT2D eigenvalue weighted by Gasteiger charge is -2.29. The number of hydrogen-bond acceptors (Lipinski definition) is 2. The van der Waals surface area contributed by atoms with Crippen molar-refractivity contribution in [3.05, 3.63) is 39.9 Å². The van der Waals surface area contributed by atoms with Crippen molar-refractivity contribution in [2.24, 2.45) is 0 Å². The molecule has 0 aliphatic carbocycles. The quantitative estimate of drug-likeness (QED) is 0.176. The Morgan fingerprint density at radius 3 is 1.96 bits per heavy atom. The zero-order valence-electron chi connectivity index (χ0n) is 16.5. The Morgan fingerprint density at radius 2 is 1.40 bits per heavy atom. The van der Waals surface area contributed by atoms with Crippen molar-refractivity contribution in [2.75, 3.05) is 20.6 Å². The predicted octanol–water partition coefficient (Wildman–Crippen LogP) is 6.09. The maximum Gasteiger partial charge on any atom is 0.278 e. The minimum Gasteiger partial charge on any atom is -0.325 e. The second kappa shape index (κ2) is 12.0. The fourth-order valence-electron chi connectivity index (χ4n) is 3.39. The van der Waals surface area contributed by atoms with Crippen LogP contribution in [0.1, 0.15) is 76.7 Å². The third kappa shape index (κ3) is 9.59. The molecule has 0 bridgehead atoms. The van der Waals surface area contributed by atoms with Gasteiger partial charge in [0.25, 0.3) is 5.69 Å². The molecule has 1 rings (SSSR count). The summed E-state index contributed by atoms with van der Waals surface area (Å²) in [5.41, 5.74) is 1.08. The lowest BCUT2D eigenvalue weighted by atomic mass is 10.1. The van der Waals surface area contributed by atoms with E-state index in [1.807, 2.05) is 12.1 Å². The lowest BCUT2D eigenvalue weighted by molar-refractivity contribution is -0.904. The van der Waals surface area contributed by atoms with Gasteiger partial charge in [-0.05, 0) is 18.9 Å². The molecule has 1 aromatic rings. The normalized spacial score (nSPS) is 11.6. The highest BCUT2D eigenvalue weighted by molar-refractivity contribution is 5.39. The van der Waals surface area contributed by atoms with Crippen molar-refractivity contribution in [2.45, 2.75) is 77.7 Å². The first-order valence-corrected chi connectivity index (χ1v) is 10.0. The summed E-state index contributed by atoms with van der Waals surface area (Å²) in [7, 11) is 4.34. The van der Waals surface area contributed by atoms with E-state index in [1.54, 1.807) is 12.1 Å². The van der Waals surface area contributed by atoms with E-state index < -0.39 is 0 Å². The number of nitro benzene ring substituents is 1. The Kier molecular flexibility index (Phi) is 10.4. The van der Waals surface area contributed by atoms with Gasteiger partial charge in [-0.3, -0.25) is 10.1 Å². The van der Waals surface area contributed by atoms with E-state index in [4.69, 9.17) is 0 Å². The number of benzene rings is 1. The molecule has 0 saturated heterocycles. The van der Waals surface area contributed by atoms with E-state index >= 15 is 0 Å². The topological polar surface area (TPSA) is 43.1 Å². The number of nitro groups is 1. The Morgan fingerprint density at radius 1 is 0.880 bits per heavy atom. The largest absolute Gasteiger partial charge is 0.325 e. The summed E-state index contributed by atoms with van der Waals surface area (Å²) in [5, 5.41) is 11.1. The first-order valence-electron chi connectivity index (χ1n) is 10.0. The standard InChI is InChI=1S/C21H37N2O2/c1-4-5-6-7-8-9-10-11-12-15-18-23(2,3)19-20-16-13-14-17-21(20)22(24)25/h13-14,16-17H,4-12,15,18-19H2,1-3H3/q+1. The molecule has 0 saturated carbocycles. The fraction of sp³-hybridized carbons (Fsp3) is 0.714. The van der Waals surface area contributed by atoms with Crippen molar-refractivity contribution in [1.82, 2.24) is 0 Å². The molecule has 0 spiro atoms. The van der Waals surface area contributed by atoms with Gasteiger partial charge in [-0.1, -0.05) is 70.4 Å². The maximum atomic E-state index is 11.1. The van der Waals surface area contributed by atoms with Crippen LogP contribution in [-0.4, -0.2) is 30.0 Å². The van der Waals surface area contributed by atoms with Crippen molar-refractivity contribution in [3.63, 3.8) is 0 Å². The summed E-state index contributed by atoms with van der Waals surface area (Å²) in [6.07, 6.45) is 13.4. The van der Waals surface area contributed by atoms with Crippen molar-refractivity contribution in [3.8, 4) is 0 Å². The van der Waals surface area contributed by atoms with Crippen LogP contribution in [0.4, 0.5) is 5.69 Å². The minimum atomic E-state index is -0.268. The van der Waals surface area contributed by atoms with Gasteiger partial charge in [-0.25, -0.2) is 0 Å². The molecular formula is C21H37N2O2+. The van der Waals surface area contributed by atoms with Crippen LogP contribution in [0.3, 0.4) is 0 Å². The number of unbranched alkanes of at least 4 members (excludes halogenated alkanes) is 9. The number of quaternary nitrogens is 1. The molecule has 0 radical (unpaired) electrons. The first kappa shape index (κ1) is 21.6. The summed E-state index contributed by atoms with van der Waals surface area (Å²) in [6.45, 7) is 4.05. The lowest BCUT2D eigenvalue weighted by Crippen LogP contribution is -2.39. The monoisotopic (exact) mass is 349 g/mol. The van der Waals surface area contributed by atoms with E-state index in [0.29, 0.717) is 6.54 Å². The molecule has 1 aromatic carbocycles. The van der Waals surface area contributed by atoms with Crippen LogP contribution in [0.25, 0.3) is 0 Å². The van der Waals surface area contributed by atoms with Crippen LogP contribution in [-0.2, 0) is 6.54 Å². The summed E-state index contributed by atoms with van der Waals surface area (Å²) >= 11 is 0. The molecule has 4 heteroatoms. The number of nitrogens with zero attached hydrogens (tertiary/aromatic N) is 2. The molecule has 0 aliphatic rings. The summed E-state index contributed by atoms with van der Waals surface area (Å²) < 4.78 is 0.807. The zero-order chi connectivity index (χ0) is 18.5. The van der Waals surface area contributed by atoms with E-state index in [1.165, 1.54) is 64.2 Å². The average molecular weight is 350 g/mol. The maximum absolute atomic E-state index is 11.1. The number of para-hydroxylation sites is 1. The van der Waals surface area contributed by atoms with Crippen LogP contribution in [0.2, 0.25) is 0 Å². The molecule has 142 valence electrons. The van der Waals surface area contributed by atoms with E-state index in [2.05, 4.69) is 21.0 Å². The van der Waals surface area contributed by atoms with Crippen LogP contribution in [0.15, 0.2) is 24.3 Å².